The maximum absolute atomic E-state index is 11.4. The number of methoxy groups -OCH3 is 1. The van der Waals surface area contributed by atoms with Gasteiger partial charge in [-0.25, -0.2) is 4.79 Å². The molecule has 4 nitrogen and oxygen atoms in total. The first-order valence-electron chi connectivity index (χ1n) is 8.21. The molecule has 0 N–H and O–H groups in total. The molecule has 1 aromatic carbocycles. The zero-order valence-electron chi connectivity index (χ0n) is 14.3. The first-order chi connectivity index (χ1) is 11.2. The van der Waals surface area contributed by atoms with Crippen LogP contribution in [0.15, 0.2) is 29.8 Å². The van der Waals surface area contributed by atoms with Crippen LogP contribution in [-0.4, -0.2) is 26.2 Å². The lowest BCUT2D eigenvalue weighted by Gasteiger charge is -2.24. The Hall–Kier alpha value is -2.28. The van der Waals surface area contributed by atoms with Crippen molar-refractivity contribution in [3.8, 4) is 6.07 Å². The van der Waals surface area contributed by atoms with E-state index in [-0.39, 0.29) is 5.57 Å². The van der Waals surface area contributed by atoms with Crippen molar-refractivity contribution < 1.29 is 9.53 Å². The lowest BCUT2D eigenvalue weighted by molar-refractivity contribution is -0.135. The Kier molecular flexibility index (Phi) is 8.52. The van der Waals surface area contributed by atoms with Crippen LogP contribution in [-0.2, 0) is 9.53 Å². The van der Waals surface area contributed by atoms with Crippen LogP contribution >= 0.6 is 0 Å². The third-order valence-electron chi connectivity index (χ3n) is 3.66. The second-order valence-corrected chi connectivity index (χ2v) is 5.45. The molecule has 0 unspecified atom stereocenters. The molecular weight excluding hydrogens is 288 g/mol. The number of carbonyl (C=O) groups is 1. The van der Waals surface area contributed by atoms with Crippen molar-refractivity contribution in [3.63, 3.8) is 0 Å². The number of esters is 1. The summed E-state index contributed by atoms with van der Waals surface area (Å²) in [6.45, 7) is 6.50. The van der Waals surface area contributed by atoms with Crippen LogP contribution < -0.4 is 4.90 Å². The molecule has 0 amide bonds. The third-order valence-corrected chi connectivity index (χ3v) is 3.66. The van der Waals surface area contributed by atoms with Crippen LogP contribution in [0.5, 0.6) is 0 Å². The minimum absolute atomic E-state index is 0.00840. The van der Waals surface area contributed by atoms with E-state index < -0.39 is 5.97 Å². The largest absolute Gasteiger partial charge is 0.465 e. The number of rotatable bonds is 9. The van der Waals surface area contributed by atoms with Crippen molar-refractivity contribution in [1.29, 1.82) is 5.26 Å². The second kappa shape index (κ2) is 10.4. The lowest BCUT2D eigenvalue weighted by atomic mass is 10.1. The lowest BCUT2D eigenvalue weighted by Crippen LogP contribution is -2.25. The van der Waals surface area contributed by atoms with Gasteiger partial charge < -0.3 is 9.64 Å². The molecule has 0 aliphatic rings. The van der Waals surface area contributed by atoms with E-state index in [9.17, 15) is 4.79 Å². The summed E-state index contributed by atoms with van der Waals surface area (Å²) in [6.07, 6.45) is 6.25. The molecule has 0 fully saturated rings. The molecule has 0 heterocycles. The molecule has 23 heavy (non-hydrogen) atoms. The van der Waals surface area contributed by atoms with E-state index in [0.29, 0.717) is 0 Å². The third kappa shape index (κ3) is 6.15. The summed E-state index contributed by atoms with van der Waals surface area (Å²) in [6, 6.07) is 9.82. The number of hydrogen-bond acceptors (Lipinski definition) is 4. The highest BCUT2D eigenvalue weighted by Gasteiger charge is 2.09. The van der Waals surface area contributed by atoms with Gasteiger partial charge in [0, 0.05) is 18.8 Å². The molecule has 0 saturated heterocycles. The van der Waals surface area contributed by atoms with Gasteiger partial charge in [-0.05, 0) is 36.6 Å². The highest BCUT2D eigenvalue weighted by Crippen LogP contribution is 2.18. The van der Waals surface area contributed by atoms with Crippen molar-refractivity contribution >= 4 is 17.7 Å². The van der Waals surface area contributed by atoms with Crippen LogP contribution in [0.25, 0.3) is 6.08 Å². The van der Waals surface area contributed by atoms with Gasteiger partial charge in [0.2, 0.25) is 0 Å². The molecule has 0 saturated carbocycles. The fourth-order valence-corrected chi connectivity index (χ4v) is 2.26. The van der Waals surface area contributed by atoms with Crippen molar-refractivity contribution in [1.82, 2.24) is 0 Å². The van der Waals surface area contributed by atoms with Crippen LogP contribution in [0, 0.1) is 11.3 Å². The smallest absolute Gasteiger partial charge is 0.348 e. The first-order valence-corrected chi connectivity index (χ1v) is 8.21. The SMILES string of the molecule is CCCCN(CCCC)c1ccc(/C=C(/C#N)C(=O)OC)cc1. The number of carbonyl (C=O) groups excluding carboxylic acids is 1. The number of anilines is 1. The molecule has 0 aliphatic carbocycles. The quantitative estimate of drug-likeness (QED) is 0.390. The predicted octanol–water partition coefficient (Wildman–Crippen LogP) is 4.17. The van der Waals surface area contributed by atoms with Gasteiger partial charge in [0.1, 0.15) is 11.6 Å². The molecule has 0 atom stereocenters. The number of ether oxygens (including phenoxy) is 1. The van der Waals surface area contributed by atoms with Gasteiger partial charge in [0.05, 0.1) is 7.11 Å². The summed E-state index contributed by atoms with van der Waals surface area (Å²) in [4.78, 5) is 13.8. The normalized spacial score (nSPS) is 11.0. The van der Waals surface area contributed by atoms with Gasteiger partial charge >= 0.3 is 5.97 Å². The summed E-state index contributed by atoms with van der Waals surface area (Å²) in [5.41, 5.74) is 2.01. The van der Waals surface area contributed by atoms with E-state index in [1.165, 1.54) is 38.5 Å². The Morgan fingerprint density at radius 2 is 1.74 bits per heavy atom. The number of nitriles is 1. The van der Waals surface area contributed by atoms with Crippen LogP contribution in [0.2, 0.25) is 0 Å². The zero-order chi connectivity index (χ0) is 17.1. The number of benzene rings is 1. The first kappa shape index (κ1) is 18.8. The summed E-state index contributed by atoms with van der Waals surface area (Å²) < 4.78 is 4.59. The van der Waals surface area contributed by atoms with Crippen molar-refractivity contribution in [2.45, 2.75) is 39.5 Å². The zero-order valence-corrected chi connectivity index (χ0v) is 14.3. The molecule has 0 radical (unpaired) electrons. The van der Waals surface area contributed by atoms with Crippen LogP contribution in [0.4, 0.5) is 5.69 Å². The Morgan fingerprint density at radius 3 is 2.17 bits per heavy atom. The topological polar surface area (TPSA) is 53.3 Å². The van der Waals surface area contributed by atoms with E-state index >= 15 is 0 Å². The number of hydrogen-bond donors (Lipinski definition) is 0. The highest BCUT2D eigenvalue weighted by molar-refractivity contribution is 5.97. The molecular formula is C19H26N2O2. The maximum atomic E-state index is 11.4. The Labute approximate surface area is 139 Å². The van der Waals surface area contributed by atoms with E-state index in [0.717, 1.165) is 18.7 Å². The van der Waals surface area contributed by atoms with Gasteiger partial charge in [-0.3, -0.25) is 0 Å². The van der Waals surface area contributed by atoms with E-state index in [1.807, 2.05) is 30.3 Å². The van der Waals surface area contributed by atoms with Gasteiger partial charge in [-0.15, -0.1) is 0 Å². The van der Waals surface area contributed by atoms with Crippen LogP contribution in [0.3, 0.4) is 0 Å². The minimum atomic E-state index is -0.607. The Balaban J connectivity index is 2.89. The summed E-state index contributed by atoms with van der Waals surface area (Å²) in [5.74, 6) is -0.607. The molecule has 0 aromatic heterocycles. The predicted molar refractivity (Wildman–Crippen MR) is 94.1 cm³/mol. The summed E-state index contributed by atoms with van der Waals surface area (Å²) in [7, 11) is 1.27. The van der Waals surface area contributed by atoms with Gasteiger partial charge in [-0.1, -0.05) is 38.8 Å². The fraction of sp³-hybridized carbons (Fsp3) is 0.474. The van der Waals surface area contributed by atoms with Gasteiger partial charge in [0.15, 0.2) is 0 Å². The minimum Gasteiger partial charge on any atom is -0.465 e. The molecule has 0 spiro atoms. The molecule has 124 valence electrons. The van der Waals surface area contributed by atoms with E-state index in [2.05, 4.69) is 23.5 Å². The Morgan fingerprint density at radius 1 is 1.17 bits per heavy atom. The monoisotopic (exact) mass is 314 g/mol. The second-order valence-electron chi connectivity index (χ2n) is 5.45. The molecule has 0 bridgehead atoms. The summed E-state index contributed by atoms with van der Waals surface area (Å²) in [5, 5.41) is 9.00. The molecule has 1 aromatic rings. The Bertz CT molecular complexity index is 548. The average molecular weight is 314 g/mol. The number of unbranched alkanes of at least 4 members (excludes halogenated alkanes) is 2. The van der Waals surface area contributed by atoms with E-state index in [4.69, 9.17) is 5.26 Å². The summed E-state index contributed by atoms with van der Waals surface area (Å²) >= 11 is 0. The molecule has 0 aliphatic heterocycles. The van der Waals surface area contributed by atoms with Crippen LogP contribution in [0.1, 0.15) is 45.1 Å². The highest BCUT2D eigenvalue weighted by atomic mass is 16.5. The van der Waals surface area contributed by atoms with Gasteiger partial charge in [-0.2, -0.15) is 5.26 Å². The van der Waals surface area contributed by atoms with Crippen molar-refractivity contribution in [2.24, 2.45) is 0 Å². The standard InChI is InChI=1S/C19H26N2O2/c1-4-6-12-21(13-7-5-2)18-10-8-16(9-11-18)14-17(15-20)19(22)23-3/h8-11,14H,4-7,12-13H2,1-3H3/b17-14-. The van der Waals surface area contributed by atoms with Crippen molar-refractivity contribution in [2.75, 3.05) is 25.1 Å². The molecule has 4 heteroatoms. The maximum Gasteiger partial charge on any atom is 0.348 e. The molecule has 1 rings (SSSR count). The van der Waals surface area contributed by atoms with Crippen molar-refractivity contribution in [3.05, 3.63) is 35.4 Å². The number of nitrogens with zero attached hydrogens (tertiary/aromatic N) is 2. The average Bonchev–Trinajstić information content (AvgIpc) is 2.60. The van der Waals surface area contributed by atoms with Gasteiger partial charge in [0.25, 0.3) is 0 Å². The van der Waals surface area contributed by atoms with E-state index in [1.54, 1.807) is 6.08 Å². The fourth-order valence-electron chi connectivity index (χ4n) is 2.26.